The molecule has 0 unspecified atom stereocenters. The Bertz CT molecular complexity index is 169. The lowest BCUT2D eigenvalue weighted by Gasteiger charge is -2.13. The fourth-order valence-electron chi connectivity index (χ4n) is 2.27. The Morgan fingerprint density at radius 3 is 2.50 bits per heavy atom. The van der Waals surface area contributed by atoms with E-state index >= 15 is 0 Å². The molecular weight excluding hydrogens is 172 g/mol. The first-order valence-electron chi connectivity index (χ1n) is 6.23. The van der Waals surface area contributed by atoms with Gasteiger partial charge in [-0.3, -0.25) is 0 Å². The van der Waals surface area contributed by atoms with Crippen LogP contribution in [0.15, 0.2) is 0 Å². The minimum absolute atomic E-state index is 0.660. The monoisotopic (exact) mass is 196 g/mol. The zero-order valence-electron chi connectivity index (χ0n) is 9.44. The highest BCUT2D eigenvalue weighted by atomic mass is 15.0. The maximum absolute atomic E-state index is 3.63. The molecule has 0 saturated heterocycles. The Morgan fingerprint density at radius 1 is 1.14 bits per heavy atom. The number of rotatable bonds is 6. The standard InChI is InChI=1S/C12H24N2/c1-12(6-7-12)10-13-8-9-14-11-4-2-3-5-11/h11,13-14H,2-10H2,1H3. The molecule has 2 aliphatic rings. The van der Waals surface area contributed by atoms with Crippen molar-refractivity contribution in [1.82, 2.24) is 10.6 Å². The van der Waals surface area contributed by atoms with Gasteiger partial charge in [-0.15, -0.1) is 0 Å². The lowest BCUT2D eigenvalue weighted by atomic mass is 10.1. The Kier molecular flexibility index (Phi) is 3.45. The van der Waals surface area contributed by atoms with Crippen LogP contribution in [-0.2, 0) is 0 Å². The molecule has 2 nitrogen and oxygen atoms in total. The van der Waals surface area contributed by atoms with Crippen LogP contribution in [0.1, 0.15) is 45.4 Å². The van der Waals surface area contributed by atoms with E-state index in [2.05, 4.69) is 17.6 Å². The minimum Gasteiger partial charge on any atom is -0.315 e. The molecule has 0 atom stereocenters. The molecule has 14 heavy (non-hydrogen) atoms. The Balaban J connectivity index is 1.43. The fraction of sp³-hybridized carbons (Fsp3) is 1.00. The van der Waals surface area contributed by atoms with E-state index in [0.29, 0.717) is 5.41 Å². The lowest BCUT2D eigenvalue weighted by Crippen LogP contribution is -2.35. The largest absolute Gasteiger partial charge is 0.315 e. The summed E-state index contributed by atoms with van der Waals surface area (Å²) in [5.41, 5.74) is 0.660. The summed E-state index contributed by atoms with van der Waals surface area (Å²) in [6, 6.07) is 0.827. The zero-order chi connectivity index (χ0) is 9.86. The molecule has 0 radical (unpaired) electrons. The molecule has 2 aliphatic carbocycles. The van der Waals surface area contributed by atoms with E-state index < -0.39 is 0 Å². The molecule has 0 aromatic rings. The quantitative estimate of drug-likeness (QED) is 0.634. The molecule has 0 aromatic heterocycles. The van der Waals surface area contributed by atoms with Crippen molar-refractivity contribution in [2.45, 2.75) is 51.5 Å². The molecule has 0 aromatic carbocycles. The zero-order valence-corrected chi connectivity index (χ0v) is 9.44. The number of nitrogens with one attached hydrogen (secondary N) is 2. The summed E-state index contributed by atoms with van der Waals surface area (Å²) in [7, 11) is 0. The molecule has 2 heteroatoms. The van der Waals surface area contributed by atoms with Crippen LogP contribution >= 0.6 is 0 Å². The number of hydrogen-bond acceptors (Lipinski definition) is 2. The van der Waals surface area contributed by atoms with Gasteiger partial charge in [0.25, 0.3) is 0 Å². The van der Waals surface area contributed by atoms with Gasteiger partial charge in [-0.2, -0.15) is 0 Å². The average molecular weight is 196 g/mol. The van der Waals surface area contributed by atoms with Crippen LogP contribution in [0.5, 0.6) is 0 Å². The molecule has 2 rings (SSSR count). The van der Waals surface area contributed by atoms with Crippen LogP contribution in [0.4, 0.5) is 0 Å². The van der Waals surface area contributed by atoms with Gasteiger partial charge < -0.3 is 10.6 Å². The summed E-state index contributed by atoms with van der Waals surface area (Å²) in [4.78, 5) is 0. The van der Waals surface area contributed by atoms with Crippen molar-refractivity contribution in [2.75, 3.05) is 19.6 Å². The lowest BCUT2D eigenvalue weighted by molar-refractivity contribution is 0.468. The van der Waals surface area contributed by atoms with Gasteiger partial charge in [0, 0.05) is 25.7 Å². The molecule has 0 aliphatic heterocycles. The molecule has 82 valence electrons. The smallest absolute Gasteiger partial charge is 0.00793 e. The average Bonchev–Trinajstić information content (AvgIpc) is 2.70. The summed E-state index contributed by atoms with van der Waals surface area (Å²) >= 11 is 0. The molecule has 2 N–H and O–H groups in total. The summed E-state index contributed by atoms with van der Waals surface area (Å²) in [5, 5.41) is 7.18. The van der Waals surface area contributed by atoms with Crippen molar-refractivity contribution in [1.29, 1.82) is 0 Å². The van der Waals surface area contributed by atoms with Crippen molar-refractivity contribution >= 4 is 0 Å². The van der Waals surface area contributed by atoms with Gasteiger partial charge in [-0.1, -0.05) is 19.8 Å². The first-order chi connectivity index (χ1) is 6.79. The highest BCUT2D eigenvalue weighted by molar-refractivity contribution is 4.90. The van der Waals surface area contributed by atoms with Crippen molar-refractivity contribution in [3.63, 3.8) is 0 Å². The third-order valence-electron chi connectivity index (χ3n) is 3.75. The second-order valence-electron chi connectivity index (χ2n) is 5.42. The normalized spacial score (nSPS) is 25.5. The van der Waals surface area contributed by atoms with E-state index in [1.807, 2.05) is 0 Å². The highest BCUT2D eigenvalue weighted by Crippen LogP contribution is 2.43. The van der Waals surface area contributed by atoms with Crippen LogP contribution in [0.25, 0.3) is 0 Å². The summed E-state index contributed by atoms with van der Waals surface area (Å²) in [6.07, 6.45) is 8.52. The van der Waals surface area contributed by atoms with E-state index in [9.17, 15) is 0 Å². The molecule has 0 spiro atoms. The molecule has 0 bridgehead atoms. The topological polar surface area (TPSA) is 24.1 Å². The molecule has 0 amide bonds. The SMILES string of the molecule is CC1(CNCCNC2CCCC2)CC1. The van der Waals surface area contributed by atoms with Gasteiger partial charge >= 0.3 is 0 Å². The molecular formula is C12H24N2. The highest BCUT2D eigenvalue weighted by Gasteiger charge is 2.36. The molecule has 0 heterocycles. The summed E-state index contributed by atoms with van der Waals surface area (Å²) in [6.45, 7) is 5.90. The Morgan fingerprint density at radius 2 is 1.86 bits per heavy atom. The van der Waals surface area contributed by atoms with E-state index in [0.717, 1.165) is 19.1 Å². The van der Waals surface area contributed by atoms with E-state index in [-0.39, 0.29) is 0 Å². The van der Waals surface area contributed by atoms with Crippen LogP contribution in [-0.4, -0.2) is 25.7 Å². The van der Waals surface area contributed by atoms with Crippen molar-refractivity contribution < 1.29 is 0 Å². The van der Waals surface area contributed by atoms with Crippen molar-refractivity contribution in [2.24, 2.45) is 5.41 Å². The third kappa shape index (κ3) is 3.25. The maximum Gasteiger partial charge on any atom is 0.00793 e. The Hall–Kier alpha value is -0.0800. The molecule has 2 fully saturated rings. The molecule has 2 saturated carbocycles. The minimum atomic E-state index is 0.660. The van der Waals surface area contributed by atoms with Gasteiger partial charge in [0.15, 0.2) is 0 Å². The summed E-state index contributed by atoms with van der Waals surface area (Å²) in [5.74, 6) is 0. The van der Waals surface area contributed by atoms with Gasteiger partial charge in [-0.05, 0) is 31.1 Å². The van der Waals surface area contributed by atoms with Crippen molar-refractivity contribution in [3.8, 4) is 0 Å². The van der Waals surface area contributed by atoms with Crippen LogP contribution in [0.3, 0.4) is 0 Å². The van der Waals surface area contributed by atoms with Crippen LogP contribution in [0.2, 0.25) is 0 Å². The van der Waals surface area contributed by atoms with Crippen LogP contribution in [0, 0.1) is 5.41 Å². The number of hydrogen-bond donors (Lipinski definition) is 2. The predicted octanol–water partition coefficient (Wildman–Crippen LogP) is 1.91. The van der Waals surface area contributed by atoms with Gasteiger partial charge in [0.05, 0.1) is 0 Å². The third-order valence-corrected chi connectivity index (χ3v) is 3.75. The van der Waals surface area contributed by atoms with Gasteiger partial charge in [0.1, 0.15) is 0 Å². The van der Waals surface area contributed by atoms with Crippen LogP contribution < -0.4 is 10.6 Å². The van der Waals surface area contributed by atoms with E-state index in [1.165, 1.54) is 45.1 Å². The first-order valence-corrected chi connectivity index (χ1v) is 6.23. The van der Waals surface area contributed by atoms with E-state index in [4.69, 9.17) is 0 Å². The maximum atomic E-state index is 3.63. The fourth-order valence-corrected chi connectivity index (χ4v) is 2.27. The second-order valence-corrected chi connectivity index (χ2v) is 5.42. The summed E-state index contributed by atoms with van der Waals surface area (Å²) < 4.78 is 0. The predicted molar refractivity (Wildman–Crippen MR) is 60.5 cm³/mol. The van der Waals surface area contributed by atoms with Crippen molar-refractivity contribution in [3.05, 3.63) is 0 Å². The Labute approximate surface area is 87.8 Å². The second kappa shape index (κ2) is 4.63. The van der Waals surface area contributed by atoms with Gasteiger partial charge in [-0.25, -0.2) is 0 Å². The van der Waals surface area contributed by atoms with E-state index in [1.54, 1.807) is 0 Å². The first kappa shape index (κ1) is 10.4. The van der Waals surface area contributed by atoms with Gasteiger partial charge in [0.2, 0.25) is 0 Å².